The summed E-state index contributed by atoms with van der Waals surface area (Å²) in [6.45, 7) is 0. The van der Waals surface area contributed by atoms with Crippen LogP contribution in [0.15, 0.2) is 63.2 Å². The summed E-state index contributed by atoms with van der Waals surface area (Å²) in [5.41, 5.74) is 0.0554. The molecule has 0 bridgehead atoms. The lowest BCUT2D eigenvalue weighted by molar-refractivity contribution is 0.0952. The molecule has 4 N–H and O–H groups in total. The van der Waals surface area contributed by atoms with Crippen LogP contribution in [0, 0.1) is 0 Å². The van der Waals surface area contributed by atoms with Crippen LogP contribution in [-0.4, -0.2) is 31.9 Å². The number of carbonyl (C=O) groups excluding carboxylic acids is 1. The van der Waals surface area contributed by atoms with Crippen LogP contribution in [-0.2, 0) is 0 Å². The molecule has 1 amide bonds. The van der Waals surface area contributed by atoms with E-state index in [9.17, 15) is 24.6 Å². The molecular formula is C18H13ClN4O5. The smallest absolute Gasteiger partial charge is 0.335 e. The summed E-state index contributed by atoms with van der Waals surface area (Å²) < 4.78 is 0.802. The van der Waals surface area contributed by atoms with Gasteiger partial charge in [0.2, 0.25) is 5.88 Å². The van der Waals surface area contributed by atoms with Crippen LogP contribution >= 0.6 is 11.6 Å². The number of nitrogens with one attached hydrogen (secondary N) is 2. The van der Waals surface area contributed by atoms with E-state index < -0.39 is 23.0 Å². The van der Waals surface area contributed by atoms with E-state index in [4.69, 9.17) is 11.6 Å². The molecule has 1 aromatic heterocycles. The molecule has 0 aliphatic heterocycles. The molecule has 0 aliphatic carbocycles. The Labute approximate surface area is 162 Å². The maximum absolute atomic E-state index is 12.1. The van der Waals surface area contributed by atoms with Gasteiger partial charge in [-0.1, -0.05) is 35.9 Å². The molecule has 142 valence electrons. The van der Waals surface area contributed by atoms with Gasteiger partial charge in [-0.3, -0.25) is 14.6 Å². The number of phenolic OH excluding ortho intramolecular Hbond substituents is 1. The number of aromatic nitrogens is 2. The highest BCUT2D eigenvalue weighted by Gasteiger charge is 2.16. The van der Waals surface area contributed by atoms with Crippen molar-refractivity contribution in [1.82, 2.24) is 15.0 Å². The molecule has 0 fully saturated rings. The van der Waals surface area contributed by atoms with Crippen LogP contribution in [0.25, 0.3) is 5.69 Å². The summed E-state index contributed by atoms with van der Waals surface area (Å²) in [4.78, 5) is 38.2. The lowest BCUT2D eigenvalue weighted by Gasteiger charge is -2.10. The number of carbonyl (C=O) groups is 1. The van der Waals surface area contributed by atoms with Gasteiger partial charge in [0, 0.05) is 0 Å². The lowest BCUT2D eigenvalue weighted by Crippen LogP contribution is -2.31. The molecule has 0 spiro atoms. The number of rotatable bonds is 4. The largest absolute Gasteiger partial charge is 0.507 e. The minimum Gasteiger partial charge on any atom is -0.507 e. The third-order valence-corrected chi connectivity index (χ3v) is 4.04. The predicted molar refractivity (Wildman–Crippen MR) is 103 cm³/mol. The summed E-state index contributed by atoms with van der Waals surface area (Å²) >= 11 is 6.05. The van der Waals surface area contributed by atoms with Gasteiger partial charge in [0.1, 0.15) is 11.3 Å². The zero-order valence-electron chi connectivity index (χ0n) is 14.1. The van der Waals surface area contributed by atoms with E-state index in [1.807, 2.05) is 4.98 Å². The normalized spacial score (nSPS) is 10.9. The maximum Gasteiger partial charge on any atom is 0.335 e. The molecule has 3 aromatic rings. The van der Waals surface area contributed by atoms with Crippen LogP contribution in [0.5, 0.6) is 11.6 Å². The zero-order valence-corrected chi connectivity index (χ0v) is 14.8. The number of benzene rings is 2. The minimum absolute atomic E-state index is 0.0289. The van der Waals surface area contributed by atoms with E-state index in [2.05, 4.69) is 10.5 Å². The van der Waals surface area contributed by atoms with E-state index in [0.717, 1.165) is 10.8 Å². The van der Waals surface area contributed by atoms with Gasteiger partial charge in [-0.15, -0.1) is 0 Å². The number of hydrogen-bond donors (Lipinski definition) is 4. The average Bonchev–Trinajstić information content (AvgIpc) is 2.66. The minimum atomic E-state index is -0.911. The molecule has 0 saturated carbocycles. The topological polar surface area (TPSA) is 137 Å². The Hall–Kier alpha value is -3.85. The summed E-state index contributed by atoms with van der Waals surface area (Å²) in [6, 6.07) is 12.0. The van der Waals surface area contributed by atoms with Gasteiger partial charge in [0.15, 0.2) is 0 Å². The quantitative estimate of drug-likeness (QED) is 0.387. The fourth-order valence-corrected chi connectivity index (χ4v) is 2.61. The zero-order chi connectivity index (χ0) is 20.3. The summed E-state index contributed by atoms with van der Waals surface area (Å²) in [5.74, 6) is -1.68. The third-order valence-electron chi connectivity index (χ3n) is 3.72. The van der Waals surface area contributed by atoms with Gasteiger partial charge in [-0.25, -0.2) is 14.8 Å². The Morgan fingerprint density at radius 2 is 1.79 bits per heavy atom. The van der Waals surface area contributed by atoms with E-state index >= 15 is 0 Å². The standard InChI is InChI=1S/C18H13ClN4O5/c19-12-6-2-3-7-13(12)23-17(27)11(15(25)21-18(23)28)9-20-22-16(26)10-5-1-4-8-14(10)24/h1-9,24,27H,(H,22,26)(H,21,25,28). The van der Waals surface area contributed by atoms with Gasteiger partial charge in [-0.2, -0.15) is 5.10 Å². The Kier molecular flexibility index (Phi) is 5.28. The first-order chi connectivity index (χ1) is 13.4. The second-order valence-corrected chi connectivity index (χ2v) is 5.91. The molecule has 0 aliphatic rings. The fourth-order valence-electron chi connectivity index (χ4n) is 2.39. The number of H-pyrrole nitrogens is 1. The van der Waals surface area contributed by atoms with Crippen molar-refractivity contribution < 1.29 is 15.0 Å². The molecular weight excluding hydrogens is 388 g/mol. The van der Waals surface area contributed by atoms with Gasteiger partial charge >= 0.3 is 5.69 Å². The van der Waals surface area contributed by atoms with Crippen molar-refractivity contribution in [3.05, 3.63) is 85.5 Å². The number of nitrogens with zero attached hydrogens (tertiary/aromatic N) is 2. The molecule has 2 aromatic carbocycles. The second kappa shape index (κ2) is 7.80. The Bertz CT molecular complexity index is 1200. The van der Waals surface area contributed by atoms with Gasteiger partial charge in [-0.05, 0) is 24.3 Å². The van der Waals surface area contributed by atoms with Crippen molar-refractivity contribution in [3.63, 3.8) is 0 Å². The van der Waals surface area contributed by atoms with Crippen molar-refractivity contribution in [1.29, 1.82) is 0 Å². The lowest BCUT2D eigenvalue weighted by atomic mass is 10.2. The van der Waals surface area contributed by atoms with E-state index in [0.29, 0.717) is 0 Å². The SMILES string of the molecule is O=C(NN=Cc1c(O)n(-c2ccccc2Cl)c(=O)[nH]c1=O)c1ccccc1O. The number of hydrazone groups is 1. The highest BCUT2D eigenvalue weighted by atomic mass is 35.5. The Balaban J connectivity index is 1.96. The van der Waals surface area contributed by atoms with Crippen molar-refractivity contribution in [2.45, 2.75) is 0 Å². The molecule has 9 nitrogen and oxygen atoms in total. The number of halogens is 1. The Morgan fingerprint density at radius 1 is 1.11 bits per heavy atom. The second-order valence-electron chi connectivity index (χ2n) is 5.50. The molecule has 1 heterocycles. The van der Waals surface area contributed by atoms with Crippen molar-refractivity contribution >= 4 is 23.7 Å². The van der Waals surface area contributed by atoms with Crippen LogP contribution < -0.4 is 16.7 Å². The summed E-state index contributed by atoms with van der Waals surface area (Å²) in [5, 5.41) is 23.8. The third kappa shape index (κ3) is 3.64. The first kappa shape index (κ1) is 18.9. The molecule has 28 heavy (non-hydrogen) atoms. The van der Waals surface area contributed by atoms with E-state index in [1.54, 1.807) is 24.3 Å². The van der Waals surface area contributed by atoms with E-state index in [-0.39, 0.29) is 27.6 Å². The Morgan fingerprint density at radius 3 is 2.50 bits per heavy atom. The summed E-state index contributed by atoms with van der Waals surface area (Å²) in [7, 11) is 0. The molecule has 3 rings (SSSR count). The maximum atomic E-state index is 12.1. The highest BCUT2D eigenvalue weighted by Crippen LogP contribution is 2.22. The molecule has 10 heteroatoms. The first-order valence-electron chi connectivity index (χ1n) is 7.84. The van der Waals surface area contributed by atoms with Crippen molar-refractivity contribution in [2.75, 3.05) is 0 Å². The molecule has 0 radical (unpaired) electrons. The van der Waals surface area contributed by atoms with Crippen molar-refractivity contribution in [2.24, 2.45) is 5.10 Å². The highest BCUT2D eigenvalue weighted by molar-refractivity contribution is 6.32. The van der Waals surface area contributed by atoms with Gasteiger partial charge < -0.3 is 10.2 Å². The molecule has 0 atom stereocenters. The van der Waals surface area contributed by atoms with E-state index in [1.165, 1.54) is 24.3 Å². The molecule has 0 unspecified atom stereocenters. The average molecular weight is 401 g/mol. The van der Waals surface area contributed by atoms with Crippen LogP contribution in [0.1, 0.15) is 15.9 Å². The van der Waals surface area contributed by atoms with Gasteiger partial charge in [0.25, 0.3) is 11.5 Å². The summed E-state index contributed by atoms with van der Waals surface area (Å²) in [6.07, 6.45) is 0.874. The van der Waals surface area contributed by atoms with Crippen LogP contribution in [0.3, 0.4) is 0 Å². The monoisotopic (exact) mass is 400 g/mol. The van der Waals surface area contributed by atoms with Gasteiger partial charge in [0.05, 0.1) is 22.5 Å². The number of aromatic amines is 1. The number of phenols is 1. The van der Waals surface area contributed by atoms with Crippen LogP contribution in [0.2, 0.25) is 5.02 Å². The first-order valence-corrected chi connectivity index (χ1v) is 8.22. The number of amides is 1. The number of aromatic hydroxyl groups is 2. The molecule has 0 saturated heterocycles. The number of para-hydroxylation sites is 2. The number of hydrogen-bond acceptors (Lipinski definition) is 6. The van der Waals surface area contributed by atoms with Crippen molar-refractivity contribution in [3.8, 4) is 17.3 Å². The predicted octanol–water partition coefficient (Wildman–Crippen LogP) is 1.35. The van der Waals surface area contributed by atoms with Crippen LogP contribution in [0.4, 0.5) is 0 Å². The fraction of sp³-hybridized carbons (Fsp3) is 0.